The summed E-state index contributed by atoms with van der Waals surface area (Å²) in [6, 6.07) is 6.49. The van der Waals surface area contributed by atoms with Crippen molar-refractivity contribution in [2.75, 3.05) is 18.4 Å². The number of aromatic nitrogens is 2. The Morgan fingerprint density at radius 3 is 2.21 bits per heavy atom. The molecule has 1 aromatic heterocycles. The smallest absolute Gasteiger partial charge is 0.335 e. The summed E-state index contributed by atoms with van der Waals surface area (Å²) in [5.74, 6) is -0.646. The number of carbonyl (C=O) groups excluding carboxylic acids is 1. The Balaban J connectivity index is 2.09. The molecule has 126 valence electrons. The molecule has 1 aromatic carbocycles. The van der Waals surface area contributed by atoms with Crippen LogP contribution in [0.5, 0.6) is 0 Å². The van der Waals surface area contributed by atoms with Gasteiger partial charge in [0.05, 0.1) is 11.1 Å². The van der Waals surface area contributed by atoms with Crippen LogP contribution in [0.1, 0.15) is 40.1 Å². The van der Waals surface area contributed by atoms with E-state index in [0.717, 1.165) is 5.56 Å². The Bertz CT molecular complexity index is 699. The Morgan fingerprint density at radius 2 is 1.71 bits per heavy atom. The number of nitrogens with one attached hydrogen (secondary N) is 1. The first kappa shape index (κ1) is 17.4. The summed E-state index contributed by atoms with van der Waals surface area (Å²) >= 11 is 0. The van der Waals surface area contributed by atoms with Crippen LogP contribution in [0.2, 0.25) is 0 Å². The largest absolute Gasteiger partial charge is 0.478 e. The number of benzene rings is 1. The van der Waals surface area contributed by atoms with Gasteiger partial charge in [0.25, 0.3) is 5.91 Å². The molecule has 0 atom stereocenters. The molecule has 24 heavy (non-hydrogen) atoms. The highest BCUT2D eigenvalue weighted by atomic mass is 16.4. The van der Waals surface area contributed by atoms with E-state index in [9.17, 15) is 9.59 Å². The summed E-state index contributed by atoms with van der Waals surface area (Å²) in [4.78, 5) is 33.3. The van der Waals surface area contributed by atoms with E-state index in [-0.39, 0.29) is 11.5 Å². The molecule has 0 radical (unpaired) electrons. The lowest BCUT2D eigenvalue weighted by molar-refractivity contribution is 0.0694. The van der Waals surface area contributed by atoms with Gasteiger partial charge in [-0.2, -0.15) is 0 Å². The SMILES string of the molecule is CCNc1ncc(C(=O)N(CC)Cc2ccc(C(=O)O)cc2)cn1. The monoisotopic (exact) mass is 328 g/mol. The number of nitrogens with zero attached hydrogens (tertiary/aromatic N) is 3. The first-order valence-electron chi connectivity index (χ1n) is 7.72. The van der Waals surface area contributed by atoms with Crippen molar-refractivity contribution >= 4 is 17.8 Å². The summed E-state index contributed by atoms with van der Waals surface area (Å²) in [7, 11) is 0. The van der Waals surface area contributed by atoms with E-state index in [1.165, 1.54) is 24.5 Å². The third-order valence-corrected chi connectivity index (χ3v) is 3.48. The maximum atomic E-state index is 12.6. The molecule has 2 rings (SSSR count). The summed E-state index contributed by atoms with van der Waals surface area (Å²) < 4.78 is 0. The zero-order valence-electron chi connectivity index (χ0n) is 13.7. The molecule has 0 saturated carbocycles. The first-order chi connectivity index (χ1) is 11.5. The van der Waals surface area contributed by atoms with E-state index in [0.29, 0.717) is 31.1 Å². The van der Waals surface area contributed by atoms with Gasteiger partial charge in [0.2, 0.25) is 5.95 Å². The van der Waals surface area contributed by atoms with E-state index >= 15 is 0 Å². The van der Waals surface area contributed by atoms with Crippen LogP contribution in [0.25, 0.3) is 0 Å². The van der Waals surface area contributed by atoms with Crippen LogP contribution in [0, 0.1) is 0 Å². The number of rotatable bonds is 7. The fraction of sp³-hybridized carbons (Fsp3) is 0.294. The van der Waals surface area contributed by atoms with Gasteiger partial charge in [-0.1, -0.05) is 12.1 Å². The van der Waals surface area contributed by atoms with Gasteiger partial charge in [-0.3, -0.25) is 4.79 Å². The van der Waals surface area contributed by atoms with E-state index < -0.39 is 5.97 Å². The summed E-state index contributed by atoms with van der Waals surface area (Å²) in [6.45, 7) is 5.45. The van der Waals surface area contributed by atoms with Gasteiger partial charge in [-0.25, -0.2) is 14.8 Å². The van der Waals surface area contributed by atoms with E-state index in [1.807, 2.05) is 13.8 Å². The molecule has 0 fully saturated rings. The Morgan fingerprint density at radius 1 is 1.08 bits per heavy atom. The molecule has 1 heterocycles. The number of hydrogen-bond donors (Lipinski definition) is 2. The van der Waals surface area contributed by atoms with Crippen molar-refractivity contribution in [3.8, 4) is 0 Å². The number of carboxylic acids is 1. The van der Waals surface area contributed by atoms with Gasteiger partial charge in [-0.15, -0.1) is 0 Å². The van der Waals surface area contributed by atoms with E-state index in [1.54, 1.807) is 17.0 Å². The van der Waals surface area contributed by atoms with Crippen LogP contribution < -0.4 is 5.32 Å². The number of aromatic carboxylic acids is 1. The van der Waals surface area contributed by atoms with Gasteiger partial charge in [0.1, 0.15) is 0 Å². The summed E-state index contributed by atoms with van der Waals surface area (Å²) in [5.41, 5.74) is 1.50. The van der Waals surface area contributed by atoms with Crippen molar-refractivity contribution in [1.29, 1.82) is 0 Å². The van der Waals surface area contributed by atoms with Gasteiger partial charge < -0.3 is 15.3 Å². The van der Waals surface area contributed by atoms with E-state index in [4.69, 9.17) is 5.11 Å². The van der Waals surface area contributed by atoms with Gasteiger partial charge >= 0.3 is 5.97 Å². The number of hydrogen-bond acceptors (Lipinski definition) is 5. The van der Waals surface area contributed by atoms with Crippen molar-refractivity contribution < 1.29 is 14.7 Å². The molecule has 7 heteroatoms. The van der Waals surface area contributed by atoms with Crippen LogP contribution in [0.15, 0.2) is 36.7 Å². The second kappa shape index (κ2) is 8.05. The lowest BCUT2D eigenvalue weighted by atomic mass is 10.1. The van der Waals surface area contributed by atoms with Crippen molar-refractivity contribution in [3.05, 3.63) is 53.3 Å². The highest BCUT2D eigenvalue weighted by molar-refractivity contribution is 5.93. The van der Waals surface area contributed by atoms with Gasteiger partial charge in [0, 0.05) is 32.0 Å². The molecule has 2 N–H and O–H groups in total. The maximum Gasteiger partial charge on any atom is 0.335 e. The van der Waals surface area contributed by atoms with E-state index in [2.05, 4.69) is 15.3 Å². The molecule has 0 aliphatic rings. The highest BCUT2D eigenvalue weighted by Gasteiger charge is 2.16. The number of amides is 1. The average Bonchev–Trinajstić information content (AvgIpc) is 2.60. The van der Waals surface area contributed by atoms with Gasteiger partial charge in [0.15, 0.2) is 0 Å². The quantitative estimate of drug-likeness (QED) is 0.809. The molecule has 2 aromatic rings. The molecular formula is C17H20N4O3. The average molecular weight is 328 g/mol. The van der Waals surface area contributed by atoms with Crippen molar-refractivity contribution in [2.24, 2.45) is 0 Å². The Labute approximate surface area is 140 Å². The van der Waals surface area contributed by atoms with Crippen LogP contribution in [-0.2, 0) is 6.54 Å². The third-order valence-electron chi connectivity index (χ3n) is 3.48. The number of carbonyl (C=O) groups is 2. The molecule has 0 bridgehead atoms. The molecule has 0 aliphatic heterocycles. The summed E-state index contributed by atoms with van der Waals surface area (Å²) in [5, 5.41) is 11.9. The third kappa shape index (κ3) is 4.28. The van der Waals surface area contributed by atoms with Crippen LogP contribution in [-0.4, -0.2) is 44.9 Å². The van der Waals surface area contributed by atoms with Crippen molar-refractivity contribution in [1.82, 2.24) is 14.9 Å². The standard InChI is InChI=1S/C17H20N4O3/c1-3-18-17-19-9-14(10-20-17)15(22)21(4-2)11-12-5-7-13(8-6-12)16(23)24/h5-10H,3-4,11H2,1-2H3,(H,23,24)(H,18,19,20). The maximum absolute atomic E-state index is 12.6. The normalized spacial score (nSPS) is 10.2. The molecule has 0 unspecified atom stereocenters. The minimum absolute atomic E-state index is 0.164. The van der Waals surface area contributed by atoms with Gasteiger partial charge in [-0.05, 0) is 31.5 Å². The first-order valence-corrected chi connectivity index (χ1v) is 7.72. The minimum atomic E-state index is -0.970. The molecule has 7 nitrogen and oxygen atoms in total. The topological polar surface area (TPSA) is 95.4 Å². The lowest BCUT2D eigenvalue weighted by Gasteiger charge is -2.21. The van der Waals surface area contributed by atoms with Crippen LogP contribution in [0.4, 0.5) is 5.95 Å². The fourth-order valence-electron chi connectivity index (χ4n) is 2.17. The number of carboxylic acid groups (broad SMARTS) is 1. The Hall–Kier alpha value is -2.96. The molecule has 0 spiro atoms. The zero-order chi connectivity index (χ0) is 17.5. The summed E-state index contributed by atoms with van der Waals surface area (Å²) in [6.07, 6.45) is 3.01. The second-order valence-corrected chi connectivity index (χ2v) is 5.15. The van der Waals surface area contributed by atoms with Crippen molar-refractivity contribution in [2.45, 2.75) is 20.4 Å². The zero-order valence-corrected chi connectivity index (χ0v) is 13.7. The second-order valence-electron chi connectivity index (χ2n) is 5.15. The highest BCUT2D eigenvalue weighted by Crippen LogP contribution is 2.11. The van der Waals surface area contributed by atoms with Crippen molar-refractivity contribution in [3.63, 3.8) is 0 Å². The molecule has 0 saturated heterocycles. The lowest BCUT2D eigenvalue weighted by Crippen LogP contribution is -2.30. The molecule has 1 amide bonds. The predicted molar refractivity (Wildman–Crippen MR) is 90.0 cm³/mol. The Kier molecular flexibility index (Phi) is 5.83. The van der Waals surface area contributed by atoms with Crippen LogP contribution in [0.3, 0.4) is 0 Å². The predicted octanol–water partition coefficient (Wildman–Crippen LogP) is 2.27. The minimum Gasteiger partial charge on any atom is -0.478 e. The fourth-order valence-corrected chi connectivity index (χ4v) is 2.17. The van der Waals surface area contributed by atoms with Crippen LogP contribution >= 0.6 is 0 Å². The number of anilines is 1. The molecular weight excluding hydrogens is 308 g/mol. The molecule has 0 aliphatic carbocycles.